The molecule has 0 rings (SSSR count). The van der Waals surface area contributed by atoms with Crippen LogP contribution in [0.1, 0.15) is 6.92 Å². The van der Waals surface area contributed by atoms with Crippen LogP contribution in [0.15, 0.2) is 0 Å². The number of hydrogen-bond acceptors (Lipinski definition) is 2. The van der Waals surface area contributed by atoms with Crippen molar-refractivity contribution >= 4 is 29.2 Å². The van der Waals surface area contributed by atoms with E-state index in [-0.39, 0.29) is 5.34 Å². The third kappa shape index (κ3) is 39700. The summed E-state index contributed by atoms with van der Waals surface area (Å²) in [6.07, 6.45) is 0. The first-order valence-electron chi connectivity index (χ1n) is 1.44. The predicted molar refractivity (Wildman–Crippen MR) is 27.3 cm³/mol. The zero-order chi connectivity index (χ0) is 6.28. The summed E-state index contributed by atoms with van der Waals surface area (Å²) in [5.74, 6) is -1.08. The summed E-state index contributed by atoms with van der Waals surface area (Å²) in [6, 6.07) is 0. The smallest absolute Gasteiger partial charge is 0.0967 e. The van der Waals surface area contributed by atoms with Crippen LogP contribution in [0.3, 0.4) is 0 Å². The number of rotatable bonds is 0. The van der Waals surface area contributed by atoms with Crippen molar-refractivity contribution in [3.8, 4) is 0 Å². The summed E-state index contributed by atoms with van der Waals surface area (Å²) >= 11 is 9.53. The molecule has 0 fully saturated rings. The van der Waals surface area contributed by atoms with Gasteiger partial charge in [-0.15, -0.1) is 23.2 Å². The van der Waals surface area contributed by atoms with Crippen LogP contribution in [-0.4, -0.2) is 11.3 Å². The van der Waals surface area contributed by atoms with E-state index in [9.17, 15) is 0 Å². The fourth-order valence-corrected chi connectivity index (χ4v) is 0. The van der Waals surface area contributed by atoms with Gasteiger partial charge in [0.15, 0.2) is 0 Å². The van der Waals surface area contributed by atoms with Gasteiger partial charge in [-0.05, 0) is 6.92 Å². The Kier molecular flexibility index (Phi) is 13.6. The SMILES string of the molecule is CC(=O)[O-].ClCCl. The van der Waals surface area contributed by atoms with E-state index in [1.54, 1.807) is 0 Å². The minimum absolute atomic E-state index is 0.194. The first-order valence-corrected chi connectivity index (χ1v) is 2.51. The lowest BCUT2D eigenvalue weighted by molar-refractivity contribution is -0.302. The second kappa shape index (κ2) is 9.41. The number of aliphatic carboxylic acids is 1. The molecule has 0 saturated heterocycles. The van der Waals surface area contributed by atoms with Gasteiger partial charge >= 0.3 is 0 Å². The summed E-state index contributed by atoms with van der Waals surface area (Å²) in [5, 5.41) is 9.08. The molecule has 0 unspecified atom stereocenters. The molecule has 0 amide bonds. The highest BCUT2D eigenvalue weighted by atomic mass is 35.5. The van der Waals surface area contributed by atoms with Crippen molar-refractivity contribution in [2.75, 3.05) is 5.34 Å². The minimum Gasteiger partial charge on any atom is -0.550 e. The molecule has 44 valence electrons. The van der Waals surface area contributed by atoms with E-state index in [0.29, 0.717) is 0 Å². The Balaban J connectivity index is 0. The molecule has 0 saturated carbocycles. The Morgan fingerprint density at radius 3 is 1.71 bits per heavy atom. The fourth-order valence-electron chi connectivity index (χ4n) is 0. The van der Waals surface area contributed by atoms with E-state index < -0.39 is 5.97 Å². The van der Waals surface area contributed by atoms with Crippen LogP contribution >= 0.6 is 23.2 Å². The van der Waals surface area contributed by atoms with Crippen molar-refractivity contribution in [1.29, 1.82) is 0 Å². The van der Waals surface area contributed by atoms with Crippen LogP contribution in [0, 0.1) is 0 Å². The molecule has 0 spiro atoms. The van der Waals surface area contributed by atoms with E-state index in [0.717, 1.165) is 6.92 Å². The summed E-state index contributed by atoms with van der Waals surface area (Å²) in [7, 11) is 0. The van der Waals surface area contributed by atoms with Gasteiger partial charge in [0.2, 0.25) is 0 Å². The van der Waals surface area contributed by atoms with Gasteiger partial charge in [-0.1, -0.05) is 0 Å². The number of carboxylic acids is 1. The number of hydrogen-bond donors (Lipinski definition) is 0. The van der Waals surface area contributed by atoms with Crippen LogP contribution < -0.4 is 5.11 Å². The summed E-state index contributed by atoms with van der Waals surface area (Å²) in [5.41, 5.74) is 0. The van der Waals surface area contributed by atoms with Crippen LogP contribution in [0.5, 0.6) is 0 Å². The first kappa shape index (κ1) is 10.1. The molecule has 0 aromatic heterocycles. The van der Waals surface area contributed by atoms with Gasteiger partial charge in [-0.2, -0.15) is 0 Å². The normalized spacial score (nSPS) is 6.14. The van der Waals surface area contributed by atoms with Gasteiger partial charge in [0.05, 0.1) is 5.34 Å². The maximum Gasteiger partial charge on any atom is 0.0967 e. The maximum absolute atomic E-state index is 8.89. The average Bonchev–Trinajstić information content (AvgIpc) is 1.33. The largest absolute Gasteiger partial charge is 0.550 e. The highest BCUT2D eigenvalue weighted by molar-refractivity contribution is 6.40. The highest BCUT2D eigenvalue weighted by Gasteiger charge is 1.46. The van der Waals surface area contributed by atoms with Crippen molar-refractivity contribution in [3.05, 3.63) is 0 Å². The number of carboxylic acid groups (broad SMARTS) is 1. The Labute approximate surface area is 52.0 Å². The summed E-state index contributed by atoms with van der Waals surface area (Å²) < 4.78 is 0. The Morgan fingerprint density at radius 2 is 1.71 bits per heavy atom. The Morgan fingerprint density at radius 1 is 1.71 bits per heavy atom. The van der Waals surface area contributed by atoms with Gasteiger partial charge in [0.25, 0.3) is 0 Å². The first-order chi connectivity index (χ1) is 3.15. The molecule has 0 aromatic rings. The van der Waals surface area contributed by atoms with Gasteiger partial charge in [-0.25, -0.2) is 0 Å². The van der Waals surface area contributed by atoms with Crippen LogP contribution in [0.25, 0.3) is 0 Å². The molecule has 2 nitrogen and oxygen atoms in total. The molecule has 0 aliphatic heterocycles. The highest BCUT2D eigenvalue weighted by Crippen LogP contribution is 1.73. The number of alkyl halides is 2. The fraction of sp³-hybridized carbons (Fsp3) is 0.667. The maximum atomic E-state index is 8.89. The molecule has 0 heterocycles. The van der Waals surface area contributed by atoms with Crippen LogP contribution in [0.2, 0.25) is 0 Å². The number of carbonyl (C=O) groups excluding carboxylic acids is 1. The molecular weight excluding hydrogens is 139 g/mol. The van der Waals surface area contributed by atoms with Gasteiger partial charge < -0.3 is 9.90 Å². The lowest BCUT2D eigenvalue weighted by Crippen LogP contribution is -2.16. The van der Waals surface area contributed by atoms with Gasteiger partial charge in [0, 0.05) is 5.97 Å². The molecule has 7 heavy (non-hydrogen) atoms. The summed E-state index contributed by atoms with van der Waals surface area (Å²) in [4.78, 5) is 8.89. The quantitative estimate of drug-likeness (QED) is 0.455. The molecule has 0 N–H and O–H groups in total. The van der Waals surface area contributed by atoms with Crippen molar-refractivity contribution in [3.63, 3.8) is 0 Å². The monoisotopic (exact) mass is 143 g/mol. The molecule has 4 heteroatoms. The van der Waals surface area contributed by atoms with Crippen molar-refractivity contribution in [2.24, 2.45) is 0 Å². The van der Waals surface area contributed by atoms with Crippen molar-refractivity contribution < 1.29 is 9.90 Å². The zero-order valence-electron chi connectivity index (χ0n) is 3.78. The van der Waals surface area contributed by atoms with E-state index in [1.807, 2.05) is 0 Å². The second-order valence-electron chi connectivity index (χ2n) is 0.593. The van der Waals surface area contributed by atoms with Crippen molar-refractivity contribution in [1.82, 2.24) is 0 Å². The zero-order valence-corrected chi connectivity index (χ0v) is 5.29. The Hall–Kier alpha value is 0.0500. The Bertz CT molecular complexity index is 42.2. The molecule has 0 aliphatic rings. The van der Waals surface area contributed by atoms with Crippen LogP contribution in [-0.2, 0) is 4.79 Å². The van der Waals surface area contributed by atoms with E-state index >= 15 is 0 Å². The number of halogens is 2. The molecule has 0 atom stereocenters. The average molecular weight is 144 g/mol. The number of carbonyl (C=O) groups is 1. The predicted octanol–water partition coefficient (Wildman–Crippen LogP) is 0.178. The standard InChI is InChI=1S/C2H4O2.CH2Cl2/c1-2(3)4;2-1-3/h1H3,(H,3,4);1H2/p-1. The lowest BCUT2D eigenvalue weighted by atomic mass is 10.9. The molecule has 0 aromatic carbocycles. The van der Waals surface area contributed by atoms with Crippen LogP contribution in [0.4, 0.5) is 0 Å². The second-order valence-corrected chi connectivity index (χ2v) is 1.40. The van der Waals surface area contributed by atoms with Gasteiger partial charge in [-0.3, -0.25) is 0 Å². The third-order valence-corrected chi connectivity index (χ3v) is 0. The molecule has 0 bridgehead atoms. The van der Waals surface area contributed by atoms with Gasteiger partial charge in [0.1, 0.15) is 0 Å². The molecular formula is C3H5Cl2O2-. The van der Waals surface area contributed by atoms with E-state index in [2.05, 4.69) is 0 Å². The van der Waals surface area contributed by atoms with E-state index in [4.69, 9.17) is 33.1 Å². The van der Waals surface area contributed by atoms with Crippen molar-refractivity contribution in [2.45, 2.75) is 6.92 Å². The summed E-state index contributed by atoms with van der Waals surface area (Å²) in [6.45, 7) is 0.972. The lowest BCUT2D eigenvalue weighted by Gasteiger charge is -1.77. The molecule has 0 aliphatic carbocycles. The third-order valence-electron chi connectivity index (χ3n) is 0. The molecule has 0 radical (unpaired) electrons. The minimum atomic E-state index is -1.08. The van der Waals surface area contributed by atoms with E-state index in [1.165, 1.54) is 0 Å². The topological polar surface area (TPSA) is 40.1 Å².